The Morgan fingerprint density at radius 1 is 0.897 bits per heavy atom. The maximum atomic E-state index is 12.2. The Kier molecular flexibility index (Phi) is 6.42. The van der Waals surface area contributed by atoms with Crippen LogP contribution in [0.15, 0.2) is 66.7 Å². The van der Waals surface area contributed by atoms with Crippen LogP contribution in [-0.4, -0.2) is 38.0 Å². The molecule has 0 saturated carbocycles. The smallest absolute Gasteiger partial charge is 0.325 e. The van der Waals surface area contributed by atoms with Gasteiger partial charge in [0.25, 0.3) is 11.8 Å². The van der Waals surface area contributed by atoms with E-state index in [4.69, 9.17) is 9.47 Å². The van der Waals surface area contributed by atoms with Crippen molar-refractivity contribution in [2.75, 3.05) is 25.6 Å². The highest BCUT2D eigenvalue weighted by Gasteiger charge is 2.14. The van der Waals surface area contributed by atoms with Crippen molar-refractivity contribution in [2.45, 2.75) is 0 Å². The molecule has 2 N–H and O–H groups in total. The maximum absolute atomic E-state index is 12.2. The zero-order chi connectivity index (χ0) is 20.6. The summed E-state index contributed by atoms with van der Waals surface area (Å²) in [4.78, 5) is 36.1. The Balaban J connectivity index is 1.49. The topological polar surface area (TPSA) is 93.7 Å². The number of hydrogen-bond donors (Lipinski definition) is 2. The molecule has 0 spiro atoms. The maximum Gasteiger partial charge on any atom is 0.325 e. The third-order valence-electron chi connectivity index (χ3n) is 4.17. The van der Waals surface area contributed by atoms with Crippen molar-refractivity contribution in [2.24, 2.45) is 0 Å². The molecular formula is C22H20N2O5. The summed E-state index contributed by atoms with van der Waals surface area (Å²) >= 11 is 0. The zero-order valence-electron chi connectivity index (χ0n) is 15.8. The van der Waals surface area contributed by atoms with E-state index in [0.717, 1.165) is 10.8 Å². The molecule has 3 aromatic rings. The van der Waals surface area contributed by atoms with Crippen LogP contribution in [0.5, 0.6) is 5.75 Å². The number of nitrogens with one attached hydrogen (secondary N) is 2. The molecular weight excluding hydrogens is 372 g/mol. The zero-order valence-corrected chi connectivity index (χ0v) is 15.8. The largest absolute Gasteiger partial charge is 0.496 e. The number of esters is 1. The van der Waals surface area contributed by atoms with E-state index in [-0.39, 0.29) is 6.54 Å². The highest BCUT2D eigenvalue weighted by Crippen LogP contribution is 2.22. The van der Waals surface area contributed by atoms with Crippen molar-refractivity contribution >= 4 is 34.2 Å². The lowest BCUT2D eigenvalue weighted by molar-refractivity contribution is -0.146. The number of para-hydroxylation sites is 1. The second kappa shape index (κ2) is 9.36. The van der Waals surface area contributed by atoms with E-state index in [1.807, 2.05) is 36.4 Å². The summed E-state index contributed by atoms with van der Waals surface area (Å²) in [5.41, 5.74) is 0.935. The second-order valence-corrected chi connectivity index (χ2v) is 6.12. The fourth-order valence-corrected chi connectivity index (χ4v) is 2.80. The van der Waals surface area contributed by atoms with Gasteiger partial charge in [0.05, 0.1) is 12.7 Å². The summed E-state index contributed by atoms with van der Waals surface area (Å²) in [6.45, 7) is -0.814. The standard InChI is InChI=1S/C22H20N2O5/c1-28-19-12-5-4-10-17(19)22(27)23-13-21(26)29-14-20(25)24-18-11-6-8-15-7-2-3-9-16(15)18/h2-12H,13-14H2,1H3,(H,23,27)(H,24,25). The average molecular weight is 392 g/mol. The predicted molar refractivity (Wildman–Crippen MR) is 109 cm³/mol. The molecule has 148 valence electrons. The summed E-state index contributed by atoms with van der Waals surface area (Å²) in [7, 11) is 1.45. The van der Waals surface area contributed by atoms with E-state index < -0.39 is 24.4 Å². The van der Waals surface area contributed by atoms with E-state index in [2.05, 4.69) is 10.6 Å². The molecule has 0 aromatic heterocycles. The molecule has 0 bridgehead atoms. The summed E-state index contributed by atoms with van der Waals surface area (Å²) in [5, 5.41) is 7.05. The molecule has 0 saturated heterocycles. The minimum absolute atomic E-state index is 0.302. The Morgan fingerprint density at radius 3 is 2.45 bits per heavy atom. The third-order valence-corrected chi connectivity index (χ3v) is 4.17. The van der Waals surface area contributed by atoms with Gasteiger partial charge in [-0.3, -0.25) is 14.4 Å². The van der Waals surface area contributed by atoms with Crippen LogP contribution < -0.4 is 15.4 Å². The average Bonchev–Trinajstić information content (AvgIpc) is 2.76. The Labute approximate surface area is 167 Å². The molecule has 0 heterocycles. The molecule has 0 aliphatic heterocycles. The lowest BCUT2D eigenvalue weighted by atomic mass is 10.1. The fourth-order valence-electron chi connectivity index (χ4n) is 2.80. The molecule has 0 atom stereocenters. The first-order chi connectivity index (χ1) is 14.1. The van der Waals surface area contributed by atoms with E-state index in [9.17, 15) is 14.4 Å². The minimum Gasteiger partial charge on any atom is -0.496 e. The number of benzene rings is 3. The van der Waals surface area contributed by atoms with Gasteiger partial charge >= 0.3 is 5.97 Å². The van der Waals surface area contributed by atoms with Gasteiger partial charge in [0.2, 0.25) is 0 Å². The number of fused-ring (bicyclic) bond motifs is 1. The van der Waals surface area contributed by atoms with E-state index >= 15 is 0 Å². The number of rotatable bonds is 7. The van der Waals surface area contributed by atoms with Gasteiger partial charge in [-0.1, -0.05) is 48.5 Å². The molecule has 0 aliphatic carbocycles. The molecule has 0 unspecified atom stereocenters. The number of anilines is 1. The summed E-state index contributed by atoms with van der Waals surface area (Å²) in [6, 6.07) is 19.8. The van der Waals surface area contributed by atoms with Gasteiger partial charge in [0.15, 0.2) is 6.61 Å². The van der Waals surface area contributed by atoms with Gasteiger partial charge in [-0.2, -0.15) is 0 Å². The molecule has 7 nitrogen and oxygen atoms in total. The van der Waals surface area contributed by atoms with Gasteiger partial charge in [-0.25, -0.2) is 0 Å². The minimum atomic E-state index is -0.721. The second-order valence-electron chi connectivity index (χ2n) is 6.12. The van der Waals surface area contributed by atoms with Gasteiger partial charge < -0.3 is 20.1 Å². The van der Waals surface area contributed by atoms with Crippen LogP contribution in [0.3, 0.4) is 0 Å². The molecule has 29 heavy (non-hydrogen) atoms. The number of ether oxygens (including phenoxy) is 2. The van der Waals surface area contributed by atoms with Crippen molar-refractivity contribution in [3.8, 4) is 5.75 Å². The Morgan fingerprint density at radius 2 is 1.62 bits per heavy atom. The first kappa shape index (κ1) is 19.9. The van der Waals surface area contributed by atoms with Gasteiger partial charge in [-0.05, 0) is 23.6 Å². The van der Waals surface area contributed by atoms with Crippen LogP contribution in [0.25, 0.3) is 10.8 Å². The molecule has 2 amide bonds. The highest BCUT2D eigenvalue weighted by atomic mass is 16.5. The van der Waals surface area contributed by atoms with Crippen molar-refractivity contribution in [3.63, 3.8) is 0 Å². The number of carbonyl (C=O) groups excluding carboxylic acids is 3. The van der Waals surface area contributed by atoms with Gasteiger partial charge in [0.1, 0.15) is 12.3 Å². The predicted octanol–water partition coefficient (Wildman–Crippen LogP) is 2.76. The van der Waals surface area contributed by atoms with E-state index in [1.54, 1.807) is 30.3 Å². The summed E-state index contributed by atoms with van der Waals surface area (Å²) in [6.07, 6.45) is 0. The normalized spacial score (nSPS) is 10.2. The fraction of sp³-hybridized carbons (Fsp3) is 0.136. The quantitative estimate of drug-likeness (QED) is 0.603. The summed E-state index contributed by atoms with van der Waals surface area (Å²) in [5.74, 6) is -1.26. The van der Waals surface area contributed by atoms with Crippen LogP contribution in [0.1, 0.15) is 10.4 Å². The van der Waals surface area contributed by atoms with Gasteiger partial charge in [0, 0.05) is 11.1 Å². The lowest BCUT2D eigenvalue weighted by Crippen LogP contribution is -2.32. The first-order valence-corrected chi connectivity index (χ1v) is 8.93. The van der Waals surface area contributed by atoms with Crippen molar-refractivity contribution < 1.29 is 23.9 Å². The number of amides is 2. The molecule has 3 aromatic carbocycles. The molecule has 7 heteroatoms. The molecule has 0 radical (unpaired) electrons. The van der Waals surface area contributed by atoms with Crippen molar-refractivity contribution in [3.05, 3.63) is 72.3 Å². The summed E-state index contributed by atoms with van der Waals surface area (Å²) < 4.78 is 10.0. The molecule has 0 fully saturated rings. The SMILES string of the molecule is COc1ccccc1C(=O)NCC(=O)OCC(=O)Nc1cccc2ccccc12. The van der Waals surface area contributed by atoms with Gasteiger partial charge in [-0.15, -0.1) is 0 Å². The molecule has 3 rings (SSSR count). The van der Waals surface area contributed by atoms with Crippen molar-refractivity contribution in [1.82, 2.24) is 5.32 Å². The first-order valence-electron chi connectivity index (χ1n) is 8.93. The van der Waals surface area contributed by atoms with Crippen molar-refractivity contribution in [1.29, 1.82) is 0 Å². The number of hydrogen-bond acceptors (Lipinski definition) is 5. The van der Waals surface area contributed by atoms with E-state index in [1.165, 1.54) is 7.11 Å². The van der Waals surface area contributed by atoms with Crippen LogP contribution in [0.2, 0.25) is 0 Å². The van der Waals surface area contributed by atoms with E-state index in [0.29, 0.717) is 17.0 Å². The lowest BCUT2D eigenvalue weighted by Gasteiger charge is -2.10. The molecule has 0 aliphatic rings. The number of carbonyl (C=O) groups is 3. The van der Waals surface area contributed by atoms with Crippen LogP contribution in [0.4, 0.5) is 5.69 Å². The van der Waals surface area contributed by atoms with Crippen LogP contribution >= 0.6 is 0 Å². The Bertz CT molecular complexity index is 1040. The number of methoxy groups -OCH3 is 1. The Hall–Kier alpha value is -3.87. The van der Waals surface area contributed by atoms with Crippen LogP contribution in [0, 0.1) is 0 Å². The monoisotopic (exact) mass is 392 g/mol. The van der Waals surface area contributed by atoms with Crippen LogP contribution in [-0.2, 0) is 14.3 Å². The highest BCUT2D eigenvalue weighted by molar-refractivity contribution is 6.03. The third kappa shape index (κ3) is 5.10.